The fourth-order valence-electron chi connectivity index (χ4n) is 1.82. The summed E-state index contributed by atoms with van der Waals surface area (Å²) in [5.41, 5.74) is 5.92. The number of hydrogen-bond donors (Lipinski definition) is 2. The molecule has 98 valence electrons. The third-order valence-electron chi connectivity index (χ3n) is 3.34. The maximum absolute atomic E-state index is 12.1. The molecule has 5 heteroatoms. The van der Waals surface area contributed by atoms with Gasteiger partial charge in [0.1, 0.15) is 11.5 Å². The van der Waals surface area contributed by atoms with E-state index in [1.54, 1.807) is 32.4 Å². The zero-order chi connectivity index (χ0) is 13.2. The predicted octanol–water partition coefficient (Wildman–Crippen LogP) is 1.38. The molecule has 2 rings (SSSR count). The van der Waals surface area contributed by atoms with Crippen LogP contribution in [0.1, 0.15) is 12.8 Å². The van der Waals surface area contributed by atoms with E-state index in [1.807, 2.05) is 0 Å². The molecule has 1 saturated carbocycles. The molecule has 1 amide bonds. The molecule has 0 atom stereocenters. The van der Waals surface area contributed by atoms with E-state index >= 15 is 0 Å². The van der Waals surface area contributed by atoms with E-state index in [-0.39, 0.29) is 11.3 Å². The van der Waals surface area contributed by atoms with Gasteiger partial charge in [-0.1, -0.05) is 0 Å². The number of benzene rings is 1. The first-order valence-corrected chi connectivity index (χ1v) is 5.88. The molecule has 1 aromatic carbocycles. The van der Waals surface area contributed by atoms with Crippen molar-refractivity contribution in [2.75, 3.05) is 26.1 Å². The fraction of sp³-hybridized carbons (Fsp3) is 0.462. The van der Waals surface area contributed by atoms with Gasteiger partial charge in [-0.05, 0) is 12.8 Å². The van der Waals surface area contributed by atoms with Crippen LogP contribution in [0.15, 0.2) is 18.2 Å². The Balaban J connectivity index is 2.15. The van der Waals surface area contributed by atoms with Gasteiger partial charge < -0.3 is 20.5 Å². The van der Waals surface area contributed by atoms with Crippen LogP contribution in [-0.4, -0.2) is 26.7 Å². The lowest BCUT2D eigenvalue weighted by Gasteiger charge is -2.14. The summed E-state index contributed by atoms with van der Waals surface area (Å²) in [5.74, 6) is 1.25. The molecule has 0 spiro atoms. The van der Waals surface area contributed by atoms with Gasteiger partial charge >= 0.3 is 0 Å². The Morgan fingerprint density at radius 3 is 2.22 bits per heavy atom. The zero-order valence-corrected chi connectivity index (χ0v) is 10.7. The summed E-state index contributed by atoms with van der Waals surface area (Å²) in [5, 5.41) is 2.87. The molecule has 1 aliphatic rings. The molecule has 0 aromatic heterocycles. The van der Waals surface area contributed by atoms with Crippen molar-refractivity contribution in [1.82, 2.24) is 0 Å². The van der Waals surface area contributed by atoms with Crippen LogP contribution in [0.5, 0.6) is 11.5 Å². The molecule has 3 N–H and O–H groups in total. The quantitative estimate of drug-likeness (QED) is 0.828. The molecule has 5 nitrogen and oxygen atoms in total. The number of rotatable bonds is 5. The minimum Gasteiger partial charge on any atom is -0.497 e. The summed E-state index contributed by atoms with van der Waals surface area (Å²) in [4.78, 5) is 12.1. The highest BCUT2D eigenvalue weighted by Gasteiger charge is 2.48. The maximum atomic E-state index is 12.1. The number of amides is 1. The molecule has 1 fully saturated rings. The number of nitrogens with one attached hydrogen (secondary N) is 1. The summed E-state index contributed by atoms with van der Waals surface area (Å²) in [6, 6.07) is 5.27. The van der Waals surface area contributed by atoms with Gasteiger partial charge in [0.2, 0.25) is 5.91 Å². The molecule has 0 bridgehead atoms. The van der Waals surface area contributed by atoms with Gasteiger partial charge in [-0.25, -0.2) is 0 Å². The van der Waals surface area contributed by atoms with Gasteiger partial charge in [0.25, 0.3) is 0 Å². The second kappa shape index (κ2) is 4.86. The topological polar surface area (TPSA) is 73.6 Å². The average Bonchev–Trinajstić information content (AvgIpc) is 3.19. The van der Waals surface area contributed by atoms with Crippen molar-refractivity contribution in [3.63, 3.8) is 0 Å². The number of hydrogen-bond acceptors (Lipinski definition) is 4. The average molecular weight is 250 g/mol. The molecular weight excluding hydrogens is 232 g/mol. The first-order chi connectivity index (χ1) is 8.63. The van der Waals surface area contributed by atoms with Gasteiger partial charge in [-0.2, -0.15) is 0 Å². The first-order valence-electron chi connectivity index (χ1n) is 5.88. The highest BCUT2D eigenvalue weighted by molar-refractivity contribution is 5.97. The Morgan fingerprint density at radius 2 is 1.83 bits per heavy atom. The minimum atomic E-state index is -0.365. The molecule has 0 saturated heterocycles. The lowest BCUT2D eigenvalue weighted by atomic mass is 10.1. The highest BCUT2D eigenvalue weighted by Crippen LogP contribution is 2.45. The van der Waals surface area contributed by atoms with Crippen LogP contribution in [0, 0.1) is 5.41 Å². The van der Waals surface area contributed by atoms with Crippen molar-refractivity contribution < 1.29 is 14.3 Å². The van der Waals surface area contributed by atoms with Crippen molar-refractivity contribution >= 4 is 11.6 Å². The standard InChI is InChI=1S/C13H18N2O3/c1-17-10-5-9(6-11(7-10)18-2)15-12(16)13(8-14)3-4-13/h5-7H,3-4,8,14H2,1-2H3,(H,15,16). The van der Waals surface area contributed by atoms with E-state index in [9.17, 15) is 4.79 Å². The van der Waals surface area contributed by atoms with E-state index in [1.165, 1.54) is 0 Å². The van der Waals surface area contributed by atoms with Gasteiger partial charge in [-0.3, -0.25) is 4.79 Å². The van der Waals surface area contributed by atoms with Crippen molar-refractivity contribution in [2.45, 2.75) is 12.8 Å². The van der Waals surface area contributed by atoms with Crippen LogP contribution >= 0.6 is 0 Å². The third-order valence-corrected chi connectivity index (χ3v) is 3.34. The highest BCUT2D eigenvalue weighted by atomic mass is 16.5. The number of ether oxygens (including phenoxy) is 2. The largest absolute Gasteiger partial charge is 0.497 e. The van der Waals surface area contributed by atoms with Crippen LogP contribution in [0.3, 0.4) is 0 Å². The van der Waals surface area contributed by atoms with E-state index < -0.39 is 0 Å². The van der Waals surface area contributed by atoms with Crippen LogP contribution in [0.2, 0.25) is 0 Å². The second-order valence-corrected chi connectivity index (χ2v) is 4.54. The smallest absolute Gasteiger partial charge is 0.231 e. The number of nitrogens with two attached hydrogens (primary N) is 1. The van der Waals surface area contributed by atoms with Crippen molar-refractivity contribution in [3.05, 3.63) is 18.2 Å². The van der Waals surface area contributed by atoms with Crippen LogP contribution in [0.25, 0.3) is 0 Å². The van der Waals surface area contributed by atoms with E-state index in [0.717, 1.165) is 12.8 Å². The van der Waals surface area contributed by atoms with Crippen LogP contribution < -0.4 is 20.5 Å². The maximum Gasteiger partial charge on any atom is 0.231 e. The first kappa shape index (κ1) is 12.7. The molecule has 1 aromatic rings. The van der Waals surface area contributed by atoms with Crippen molar-refractivity contribution in [3.8, 4) is 11.5 Å². The molecule has 0 radical (unpaired) electrons. The monoisotopic (exact) mass is 250 g/mol. The zero-order valence-electron chi connectivity index (χ0n) is 10.7. The fourth-order valence-corrected chi connectivity index (χ4v) is 1.82. The predicted molar refractivity (Wildman–Crippen MR) is 68.9 cm³/mol. The Kier molecular flexibility index (Phi) is 3.43. The van der Waals surface area contributed by atoms with Gasteiger partial charge in [-0.15, -0.1) is 0 Å². The molecule has 18 heavy (non-hydrogen) atoms. The van der Waals surface area contributed by atoms with Gasteiger partial charge in [0.05, 0.1) is 19.6 Å². The number of anilines is 1. The Morgan fingerprint density at radius 1 is 1.28 bits per heavy atom. The Labute approximate surface area is 106 Å². The summed E-state index contributed by atoms with van der Waals surface area (Å²) in [6.07, 6.45) is 1.72. The summed E-state index contributed by atoms with van der Waals surface area (Å²) in [6.45, 7) is 0.389. The van der Waals surface area contributed by atoms with Crippen molar-refractivity contribution in [2.24, 2.45) is 11.1 Å². The molecule has 0 heterocycles. The summed E-state index contributed by atoms with van der Waals surface area (Å²) >= 11 is 0. The summed E-state index contributed by atoms with van der Waals surface area (Å²) in [7, 11) is 3.14. The van der Waals surface area contributed by atoms with Gasteiger partial charge in [0.15, 0.2) is 0 Å². The number of carbonyl (C=O) groups excluding carboxylic acids is 1. The van der Waals surface area contributed by atoms with Crippen LogP contribution in [-0.2, 0) is 4.79 Å². The van der Waals surface area contributed by atoms with Crippen molar-refractivity contribution in [1.29, 1.82) is 0 Å². The minimum absolute atomic E-state index is 0.0275. The molecule has 1 aliphatic carbocycles. The third kappa shape index (κ3) is 2.41. The summed E-state index contributed by atoms with van der Waals surface area (Å²) < 4.78 is 10.3. The SMILES string of the molecule is COc1cc(NC(=O)C2(CN)CC2)cc(OC)c1. The van der Waals surface area contributed by atoms with E-state index in [2.05, 4.69) is 5.32 Å². The lowest BCUT2D eigenvalue weighted by Crippen LogP contribution is -2.30. The Bertz CT molecular complexity index is 433. The number of methoxy groups -OCH3 is 2. The van der Waals surface area contributed by atoms with Gasteiger partial charge in [0, 0.05) is 30.4 Å². The molecule has 0 unspecified atom stereocenters. The van der Waals surface area contributed by atoms with E-state index in [0.29, 0.717) is 23.7 Å². The lowest BCUT2D eigenvalue weighted by molar-refractivity contribution is -0.120. The second-order valence-electron chi connectivity index (χ2n) is 4.54. The molecule has 0 aliphatic heterocycles. The number of carbonyl (C=O) groups is 1. The van der Waals surface area contributed by atoms with Crippen LogP contribution in [0.4, 0.5) is 5.69 Å². The normalized spacial score (nSPS) is 15.9. The van der Waals surface area contributed by atoms with E-state index in [4.69, 9.17) is 15.2 Å². The molecular formula is C13H18N2O3. The Hall–Kier alpha value is -1.75.